The van der Waals surface area contributed by atoms with Crippen molar-refractivity contribution in [1.29, 1.82) is 0 Å². The van der Waals surface area contributed by atoms with E-state index in [1.165, 1.54) is 12.1 Å². The van der Waals surface area contributed by atoms with Gasteiger partial charge < -0.3 is 11.1 Å². The number of nitrogens with one attached hydrogen (secondary N) is 1. The first-order chi connectivity index (χ1) is 14.5. The molecule has 30 heavy (non-hydrogen) atoms. The average molecular weight is 439 g/mol. The van der Waals surface area contributed by atoms with Crippen molar-refractivity contribution in [3.8, 4) is 22.6 Å². The van der Waals surface area contributed by atoms with Gasteiger partial charge in [-0.2, -0.15) is 0 Å². The van der Waals surface area contributed by atoms with Crippen molar-refractivity contribution in [2.24, 2.45) is 5.73 Å². The van der Waals surface area contributed by atoms with Gasteiger partial charge in [-0.1, -0.05) is 41.4 Å². The summed E-state index contributed by atoms with van der Waals surface area (Å²) in [5.41, 5.74) is 9.59. The van der Waals surface area contributed by atoms with Gasteiger partial charge in [0.1, 0.15) is 11.6 Å². The molecule has 0 aliphatic carbocycles. The van der Waals surface area contributed by atoms with Crippen molar-refractivity contribution < 1.29 is 4.39 Å². The highest BCUT2D eigenvalue weighted by Crippen LogP contribution is 2.35. The predicted octanol–water partition coefficient (Wildman–Crippen LogP) is 6.46. The van der Waals surface area contributed by atoms with E-state index in [1.54, 1.807) is 30.3 Å². The molecule has 4 aromatic rings. The Kier molecular flexibility index (Phi) is 5.95. The molecule has 0 aliphatic heterocycles. The highest BCUT2D eigenvalue weighted by molar-refractivity contribution is 6.36. The van der Waals surface area contributed by atoms with E-state index in [1.807, 2.05) is 30.3 Å². The Bertz CT molecular complexity index is 1180. The smallest absolute Gasteiger partial charge is 0.162 e. The first kappa shape index (κ1) is 20.3. The van der Waals surface area contributed by atoms with Gasteiger partial charge >= 0.3 is 0 Å². The fourth-order valence-electron chi connectivity index (χ4n) is 3.07. The van der Waals surface area contributed by atoms with Gasteiger partial charge in [0.2, 0.25) is 0 Å². The van der Waals surface area contributed by atoms with Gasteiger partial charge in [0.15, 0.2) is 5.82 Å². The fourth-order valence-corrected chi connectivity index (χ4v) is 3.57. The number of halogens is 3. The van der Waals surface area contributed by atoms with Gasteiger partial charge in [-0.3, -0.25) is 0 Å². The molecule has 3 aromatic carbocycles. The molecule has 0 saturated heterocycles. The summed E-state index contributed by atoms with van der Waals surface area (Å²) in [7, 11) is 0. The molecule has 4 rings (SSSR count). The highest BCUT2D eigenvalue weighted by atomic mass is 35.5. The maximum Gasteiger partial charge on any atom is 0.162 e. The van der Waals surface area contributed by atoms with Gasteiger partial charge in [-0.15, -0.1) is 0 Å². The maximum atomic E-state index is 13.4. The zero-order chi connectivity index (χ0) is 21.1. The molecule has 0 atom stereocenters. The van der Waals surface area contributed by atoms with E-state index in [2.05, 4.69) is 10.3 Å². The van der Waals surface area contributed by atoms with E-state index in [0.29, 0.717) is 44.1 Å². The Morgan fingerprint density at radius 2 is 1.63 bits per heavy atom. The Morgan fingerprint density at radius 3 is 2.30 bits per heavy atom. The summed E-state index contributed by atoms with van der Waals surface area (Å²) in [5.74, 6) is 0.645. The molecular weight excluding hydrogens is 422 g/mol. The lowest BCUT2D eigenvalue weighted by molar-refractivity contribution is 0.628. The van der Waals surface area contributed by atoms with E-state index in [4.69, 9.17) is 33.9 Å². The van der Waals surface area contributed by atoms with Crippen LogP contribution in [0.4, 0.5) is 15.9 Å². The molecule has 0 aliphatic rings. The van der Waals surface area contributed by atoms with Crippen LogP contribution in [0.3, 0.4) is 0 Å². The number of hydrogen-bond donors (Lipinski definition) is 2. The number of anilines is 2. The molecule has 0 fully saturated rings. The first-order valence-electron chi connectivity index (χ1n) is 9.19. The fraction of sp³-hybridized carbons (Fsp3) is 0.0435. The lowest BCUT2D eigenvalue weighted by Gasteiger charge is -2.17. The molecule has 4 nitrogen and oxygen atoms in total. The third-order valence-electron chi connectivity index (χ3n) is 4.54. The Labute approximate surface area is 183 Å². The SMILES string of the molecule is NCc1c(Nc2ccccc2)nc(-c2ccc(F)cc2)nc1-c1ccc(Cl)cc1Cl. The van der Waals surface area contributed by atoms with Gasteiger partial charge in [-0.25, -0.2) is 14.4 Å². The van der Waals surface area contributed by atoms with Crippen LogP contribution in [-0.2, 0) is 6.54 Å². The van der Waals surface area contributed by atoms with Crippen LogP contribution in [0, 0.1) is 5.82 Å². The Balaban J connectivity index is 1.93. The average Bonchev–Trinajstić information content (AvgIpc) is 2.74. The van der Waals surface area contributed by atoms with Crippen LogP contribution in [0.1, 0.15) is 5.56 Å². The second-order valence-corrected chi connectivity index (χ2v) is 7.39. The number of nitrogens with two attached hydrogens (primary N) is 1. The number of aromatic nitrogens is 2. The molecule has 1 aromatic heterocycles. The highest BCUT2D eigenvalue weighted by Gasteiger charge is 2.18. The second-order valence-electron chi connectivity index (χ2n) is 6.55. The molecule has 7 heteroatoms. The molecule has 0 bridgehead atoms. The number of hydrogen-bond acceptors (Lipinski definition) is 4. The molecule has 1 heterocycles. The summed E-state index contributed by atoms with van der Waals surface area (Å²) in [5, 5.41) is 4.28. The van der Waals surface area contributed by atoms with Crippen LogP contribution in [0.15, 0.2) is 72.8 Å². The van der Waals surface area contributed by atoms with Gasteiger partial charge in [0.25, 0.3) is 0 Å². The van der Waals surface area contributed by atoms with Crippen molar-refractivity contribution in [3.05, 3.63) is 94.2 Å². The molecule has 0 unspecified atom stereocenters. The summed E-state index contributed by atoms with van der Waals surface area (Å²) in [6, 6.07) is 20.8. The summed E-state index contributed by atoms with van der Waals surface area (Å²) < 4.78 is 13.4. The lowest BCUT2D eigenvalue weighted by atomic mass is 10.0. The standard InChI is InChI=1S/C23H17Cl2FN4/c24-15-8-11-18(20(25)12-15)21-19(13-27)23(28-17-4-2-1-3-5-17)30-22(29-21)14-6-9-16(26)10-7-14/h1-12H,13,27H2,(H,28,29,30). The van der Waals surface area contributed by atoms with Crippen LogP contribution in [-0.4, -0.2) is 9.97 Å². The van der Waals surface area contributed by atoms with E-state index < -0.39 is 0 Å². The predicted molar refractivity (Wildman–Crippen MR) is 120 cm³/mol. The summed E-state index contributed by atoms with van der Waals surface area (Å²) in [6.45, 7) is 0.188. The molecule has 0 spiro atoms. The Hall–Kier alpha value is -2.99. The second kappa shape index (κ2) is 8.79. The third kappa shape index (κ3) is 4.28. The number of benzene rings is 3. The van der Waals surface area contributed by atoms with Crippen LogP contribution in [0.2, 0.25) is 10.0 Å². The normalized spacial score (nSPS) is 10.8. The van der Waals surface area contributed by atoms with E-state index in [-0.39, 0.29) is 12.4 Å². The van der Waals surface area contributed by atoms with Gasteiger partial charge in [0, 0.05) is 33.9 Å². The minimum atomic E-state index is -0.332. The van der Waals surface area contributed by atoms with Crippen LogP contribution < -0.4 is 11.1 Å². The van der Waals surface area contributed by atoms with Crippen molar-refractivity contribution >= 4 is 34.7 Å². The van der Waals surface area contributed by atoms with Gasteiger partial charge in [0.05, 0.1) is 10.7 Å². The number of rotatable bonds is 5. The molecule has 3 N–H and O–H groups in total. The molecule has 150 valence electrons. The van der Waals surface area contributed by atoms with Crippen LogP contribution in [0.25, 0.3) is 22.6 Å². The first-order valence-corrected chi connectivity index (χ1v) is 9.95. The third-order valence-corrected chi connectivity index (χ3v) is 5.08. The number of nitrogens with zero attached hydrogens (tertiary/aromatic N) is 2. The van der Waals surface area contributed by atoms with Crippen molar-refractivity contribution in [2.75, 3.05) is 5.32 Å². The monoisotopic (exact) mass is 438 g/mol. The van der Waals surface area contributed by atoms with Crippen molar-refractivity contribution in [1.82, 2.24) is 9.97 Å². The zero-order valence-corrected chi connectivity index (χ0v) is 17.3. The molecule has 0 amide bonds. The molecule has 0 radical (unpaired) electrons. The topological polar surface area (TPSA) is 63.8 Å². The summed E-state index contributed by atoms with van der Waals surface area (Å²) in [6.07, 6.45) is 0. The van der Waals surface area contributed by atoms with Crippen LogP contribution >= 0.6 is 23.2 Å². The molecular formula is C23H17Cl2FN4. The van der Waals surface area contributed by atoms with E-state index in [9.17, 15) is 4.39 Å². The Morgan fingerprint density at radius 1 is 0.900 bits per heavy atom. The quantitative estimate of drug-likeness (QED) is 0.375. The largest absolute Gasteiger partial charge is 0.340 e. The minimum absolute atomic E-state index is 0.188. The molecule has 0 saturated carbocycles. The summed E-state index contributed by atoms with van der Waals surface area (Å²) in [4.78, 5) is 9.40. The van der Waals surface area contributed by atoms with Crippen LogP contribution in [0.5, 0.6) is 0 Å². The van der Waals surface area contributed by atoms with Gasteiger partial charge in [-0.05, 0) is 54.6 Å². The summed E-state index contributed by atoms with van der Waals surface area (Å²) >= 11 is 12.5. The maximum absolute atomic E-state index is 13.4. The van der Waals surface area contributed by atoms with Crippen molar-refractivity contribution in [2.45, 2.75) is 6.54 Å². The lowest BCUT2D eigenvalue weighted by Crippen LogP contribution is -2.09. The van der Waals surface area contributed by atoms with E-state index >= 15 is 0 Å². The number of para-hydroxylation sites is 1. The van der Waals surface area contributed by atoms with Crippen molar-refractivity contribution in [3.63, 3.8) is 0 Å². The van der Waals surface area contributed by atoms with E-state index in [0.717, 1.165) is 5.69 Å². The minimum Gasteiger partial charge on any atom is -0.340 e. The zero-order valence-electron chi connectivity index (χ0n) is 15.7.